The number of nitrogens with zero attached hydrogens (tertiary/aromatic N) is 3. The fraction of sp³-hybridized carbons (Fsp3) is 0.483. The predicted octanol–water partition coefficient (Wildman–Crippen LogP) is 4.94. The summed E-state index contributed by atoms with van der Waals surface area (Å²) in [7, 11) is 1.39. The third kappa shape index (κ3) is 6.42. The molecule has 1 amide bonds. The number of fused-ring (bicyclic) bond motifs is 1. The van der Waals surface area contributed by atoms with Gasteiger partial charge in [-0.1, -0.05) is 24.3 Å². The Labute approximate surface area is 217 Å². The molecule has 37 heavy (non-hydrogen) atoms. The first-order valence-corrected chi connectivity index (χ1v) is 13.0. The molecular formula is C29H37N3O5. The Morgan fingerprint density at radius 3 is 2.24 bits per heavy atom. The van der Waals surface area contributed by atoms with E-state index in [4.69, 9.17) is 9.47 Å². The first kappa shape index (κ1) is 26.5. The van der Waals surface area contributed by atoms with Crippen molar-refractivity contribution in [2.24, 2.45) is 5.92 Å². The van der Waals surface area contributed by atoms with Crippen molar-refractivity contribution in [2.75, 3.05) is 20.2 Å². The Morgan fingerprint density at radius 1 is 0.973 bits per heavy atom. The molecule has 0 unspecified atom stereocenters. The lowest BCUT2D eigenvalue weighted by atomic mass is 9.94. The maximum Gasteiger partial charge on any atom is 0.410 e. The molecule has 8 heteroatoms. The molecule has 1 aliphatic heterocycles. The Hall–Kier alpha value is -3.55. The molecule has 0 bridgehead atoms. The van der Waals surface area contributed by atoms with Crippen LogP contribution < -0.4 is 5.69 Å². The van der Waals surface area contributed by atoms with Crippen molar-refractivity contribution < 1.29 is 19.1 Å². The third-order valence-corrected chi connectivity index (χ3v) is 6.90. The molecule has 1 aromatic heterocycles. The fourth-order valence-corrected chi connectivity index (χ4v) is 4.88. The summed E-state index contributed by atoms with van der Waals surface area (Å²) in [6, 6.07) is 15.6. The van der Waals surface area contributed by atoms with Crippen molar-refractivity contribution in [3.8, 4) is 5.69 Å². The van der Waals surface area contributed by atoms with Gasteiger partial charge >= 0.3 is 17.8 Å². The van der Waals surface area contributed by atoms with Crippen molar-refractivity contribution in [3.05, 3.63) is 64.6 Å². The second-order valence-electron chi connectivity index (χ2n) is 10.7. The number of rotatable bonds is 7. The number of likely N-dealkylation sites (tertiary alicyclic amines) is 1. The highest BCUT2D eigenvalue weighted by Gasteiger charge is 2.27. The van der Waals surface area contributed by atoms with Crippen LogP contribution in [0.1, 0.15) is 52.0 Å². The number of hydrogen-bond donors (Lipinski definition) is 0. The molecule has 2 aromatic carbocycles. The maximum atomic E-state index is 13.6. The first-order valence-electron chi connectivity index (χ1n) is 13.0. The Morgan fingerprint density at radius 2 is 1.62 bits per heavy atom. The van der Waals surface area contributed by atoms with E-state index in [0.29, 0.717) is 38.4 Å². The van der Waals surface area contributed by atoms with Crippen LogP contribution in [-0.2, 0) is 27.2 Å². The van der Waals surface area contributed by atoms with Gasteiger partial charge in [-0.05, 0) is 82.2 Å². The largest absolute Gasteiger partial charge is 0.469 e. The predicted molar refractivity (Wildman–Crippen MR) is 143 cm³/mol. The zero-order valence-electron chi connectivity index (χ0n) is 22.2. The van der Waals surface area contributed by atoms with Crippen molar-refractivity contribution in [2.45, 2.75) is 65.0 Å². The number of carbonyl (C=O) groups is 2. The van der Waals surface area contributed by atoms with E-state index in [1.54, 1.807) is 9.47 Å². The number of esters is 1. The van der Waals surface area contributed by atoms with Gasteiger partial charge in [-0.15, -0.1) is 0 Å². The van der Waals surface area contributed by atoms with Crippen LogP contribution in [0.15, 0.2) is 53.3 Å². The molecule has 2 heterocycles. The lowest BCUT2D eigenvalue weighted by Gasteiger charge is -2.33. The molecule has 4 rings (SSSR count). The summed E-state index contributed by atoms with van der Waals surface area (Å²) in [5.41, 5.74) is 3.04. The van der Waals surface area contributed by atoms with Gasteiger partial charge in [0.2, 0.25) is 0 Å². The second-order valence-corrected chi connectivity index (χ2v) is 10.7. The summed E-state index contributed by atoms with van der Waals surface area (Å²) in [6.07, 6.45) is 3.35. The summed E-state index contributed by atoms with van der Waals surface area (Å²) in [5.74, 6) is 0.209. The number of imidazole rings is 1. The number of para-hydroxylation sites is 2. The van der Waals surface area contributed by atoms with E-state index in [2.05, 4.69) is 0 Å². The molecule has 3 aromatic rings. The maximum absolute atomic E-state index is 13.6. The van der Waals surface area contributed by atoms with Crippen molar-refractivity contribution in [1.29, 1.82) is 0 Å². The summed E-state index contributed by atoms with van der Waals surface area (Å²) in [6.45, 7) is 7.62. The van der Waals surface area contributed by atoms with Crippen LogP contribution in [0, 0.1) is 5.92 Å². The first-order chi connectivity index (χ1) is 17.7. The molecule has 0 saturated carbocycles. The molecule has 198 valence electrons. The number of hydrogen-bond acceptors (Lipinski definition) is 5. The smallest absolute Gasteiger partial charge is 0.410 e. The van der Waals surface area contributed by atoms with Gasteiger partial charge in [0.15, 0.2) is 0 Å². The molecule has 0 aliphatic carbocycles. The topological polar surface area (TPSA) is 82.8 Å². The van der Waals surface area contributed by atoms with E-state index in [1.165, 1.54) is 7.11 Å². The monoisotopic (exact) mass is 507 g/mol. The molecule has 1 saturated heterocycles. The van der Waals surface area contributed by atoms with E-state index in [1.807, 2.05) is 73.9 Å². The van der Waals surface area contributed by atoms with Gasteiger partial charge in [-0.25, -0.2) is 9.59 Å². The summed E-state index contributed by atoms with van der Waals surface area (Å²) < 4.78 is 13.8. The minimum atomic E-state index is -0.493. The molecule has 1 fully saturated rings. The minimum absolute atomic E-state index is 0.0605. The zero-order chi connectivity index (χ0) is 26.6. The standard InChI is InChI=1S/C29H37N3O5/c1-29(2,3)37-28(35)30-18-15-22(16-19-30)17-20-31-24-7-5-6-8-25(24)32(27(31)34)23-12-9-21(10-13-23)11-14-26(33)36-4/h5-10,12-13,22H,11,14-20H2,1-4H3. The molecule has 8 nitrogen and oxygen atoms in total. The quantitative estimate of drug-likeness (QED) is 0.423. The summed E-state index contributed by atoms with van der Waals surface area (Å²) in [4.78, 5) is 39.2. The van der Waals surface area contributed by atoms with Gasteiger partial charge in [-0.3, -0.25) is 13.9 Å². The number of amides is 1. The molecule has 0 N–H and O–H groups in total. The van der Waals surface area contributed by atoms with E-state index in [-0.39, 0.29) is 17.8 Å². The Balaban J connectivity index is 1.45. The number of piperidine rings is 1. The van der Waals surface area contributed by atoms with Crippen molar-refractivity contribution in [1.82, 2.24) is 14.0 Å². The minimum Gasteiger partial charge on any atom is -0.469 e. The average molecular weight is 508 g/mol. The van der Waals surface area contributed by atoms with E-state index < -0.39 is 5.60 Å². The number of methoxy groups -OCH3 is 1. The SMILES string of the molecule is COC(=O)CCc1ccc(-n2c(=O)n(CCC3CCN(C(=O)OC(C)(C)C)CC3)c3ccccc32)cc1. The van der Waals surface area contributed by atoms with Gasteiger partial charge in [0.25, 0.3) is 0 Å². The summed E-state index contributed by atoms with van der Waals surface area (Å²) >= 11 is 0. The number of aromatic nitrogens is 2. The Kier molecular flexibility index (Phi) is 8.05. The zero-order valence-corrected chi connectivity index (χ0v) is 22.2. The third-order valence-electron chi connectivity index (χ3n) is 6.90. The molecule has 1 aliphatic rings. The highest BCUT2D eigenvalue weighted by molar-refractivity contribution is 5.78. The Bertz CT molecular complexity index is 1290. The van der Waals surface area contributed by atoms with Crippen molar-refractivity contribution in [3.63, 3.8) is 0 Å². The number of aryl methyl sites for hydroxylation is 2. The van der Waals surface area contributed by atoms with Crippen LogP contribution in [0.4, 0.5) is 4.79 Å². The fourth-order valence-electron chi connectivity index (χ4n) is 4.88. The average Bonchev–Trinajstić information content (AvgIpc) is 3.16. The lowest BCUT2D eigenvalue weighted by molar-refractivity contribution is -0.140. The molecule has 0 spiro atoms. The normalized spacial score (nSPS) is 14.6. The van der Waals surface area contributed by atoms with Crippen LogP contribution in [-0.4, -0.2) is 51.9 Å². The van der Waals surface area contributed by atoms with Gasteiger partial charge in [0, 0.05) is 26.1 Å². The molecule has 0 radical (unpaired) electrons. The number of benzene rings is 2. The highest BCUT2D eigenvalue weighted by Crippen LogP contribution is 2.24. The van der Waals surface area contributed by atoms with Gasteiger partial charge in [-0.2, -0.15) is 0 Å². The van der Waals surface area contributed by atoms with E-state index in [0.717, 1.165) is 41.5 Å². The van der Waals surface area contributed by atoms with Crippen LogP contribution in [0.5, 0.6) is 0 Å². The second kappa shape index (κ2) is 11.2. The van der Waals surface area contributed by atoms with Crippen molar-refractivity contribution >= 4 is 23.1 Å². The van der Waals surface area contributed by atoms with E-state index in [9.17, 15) is 14.4 Å². The number of carbonyl (C=O) groups excluding carboxylic acids is 2. The number of ether oxygens (including phenoxy) is 2. The lowest BCUT2D eigenvalue weighted by Crippen LogP contribution is -2.41. The molecule has 0 atom stereocenters. The van der Waals surface area contributed by atoms with Gasteiger partial charge in [0.1, 0.15) is 5.60 Å². The van der Waals surface area contributed by atoms with Gasteiger partial charge in [0.05, 0.1) is 23.8 Å². The highest BCUT2D eigenvalue weighted by atomic mass is 16.6. The van der Waals surface area contributed by atoms with Crippen LogP contribution in [0.25, 0.3) is 16.7 Å². The van der Waals surface area contributed by atoms with Crippen LogP contribution in [0.2, 0.25) is 0 Å². The van der Waals surface area contributed by atoms with E-state index >= 15 is 0 Å². The molecular weight excluding hydrogens is 470 g/mol. The summed E-state index contributed by atoms with van der Waals surface area (Å²) in [5, 5.41) is 0. The van der Waals surface area contributed by atoms with Crippen LogP contribution >= 0.6 is 0 Å². The van der Waals surface area contributed by atoms with Crippen LogP contribution in [0.3, 0.4) is 0 Å². The van der Waals surface area contributed by atoms with Gasteiger partial charge < -0.3 is 14.4 Å².